The molecule has 0 aromatic carbocycles. The Kier molecular flexibility index (Phi) is 6.58. The van der Waals surface area contributed by atoms with Crippen LogP contribution in [0.4, 0.5) is 0 Å². The largest absolute Gasteiger partial charge is 0.259 e. The lowest BCUT2D eigenvalue weighted by Gasteiger charge is -2.58. The van der Waals surface area contributed by atoms with Gasteiger partial charge in [0.2, 0.25) is 5.70 Å². The molecule has 0 saturated heterocycles. The highest BCUT2D eigenvalue weighted by Gasteiger charge is 2.61. The zero-order chi connectivity index (χ0) is 22.6. The lowest BCUT2D eigenvalue weighted by Crippen LogP contribution is -2.52. The van der Waals surface area contributed by atoms with Gasteiger partial charge < -0.3 is 0 Å². The maximum Gasteiger partial charge on any atom is 0.246 e. The minimum atomic E-state index is -0.0361. The number of nitrogens with zero attached hydrogens (tertiary/aromatic N) is 1. The van der Waals surface area contributed by atoms with Crippen molar-refractivity contribution >= 4 is 11.6 Å². The Balaban J connectivity index is 1.59. The van der Waals surface area contributed by atoms with E-state index >= 15 is 0 Å². The monoisotopic (exact) mass is 449 g/mol. The molecule has 0 radical (unpaired) electrons. The Morgan fingerprint density at radius 2 is 1.77 bits per heavy atom. The molecule has 8 atom stereocenters. The van der Waals surface area contributed by atoms with Crippen molar-refractivity contribution < 1.29 is 4.92 Å². The number of nitro groups is 1. The van der Waals surface area contributed by atoms with Gasteiger partial charge in [-0.1, -0.05) is 53.9 Å². The van der Waals surface area contributed by atoms with Gasteiger partial charge in [0, 0.05) is 17.4 Å². The van der Waals surface area contributed by atoms with Gasteiger partial charge in [-0.15, -0.1) is 11.6 Å². The van der Waals surface area contributed by atoms with E-state index in [-0.39, 0.29) is 15.7 Å². The molecule has 0 spiro atoms. The molecule has 0 N–H and O–H groups in total. The quantitative estimate of drug-likeness (QED) is 0.232. The zero-order valence-corrected chi connectivity index (χ0v) is 21.2. The molecule has 0 aliphatic heterocycles. The minimum Gasteiger partial charge on any atom is -0.259 e. The molecule has 3 nitrogen and oxygen atoms in total. The molecule has 0 amide bonds. The molecule has 31 heavy (non-hydrogen) atoms. The molecule has 0 aromatic heterocycles. The maximum atomic E-state index is 12.2. The first-order valence-electron chi connectivity index (χ1n) is 13.1. The SMILES string of the molecule is CC(C)CCC[C@H](C)[C@@H]1CC[C@@H]2[C@@H]3CC([N+](=O)[O-])=C4C[C@@H](Cl)CC[C@]4(C)[C@H]3CC[C@@]21C. The Hall–Kier alpha value is -0.570. The summed E-state index contributed by atoms with van der Waals surface area (Å²) in [5.41, 5.74) is 2.04. The predicted molar refractivity (Wildman–Crippen MR) is 129 cm³/mol. The van der Waals surface area contributed by atoms with E-state index in [0.29, 0.717) is 35.3 Å². The standard InChI is InChI=1S/C27H44ClNO2/c1-17(2)7-6-8-18(3)21-9-10-22-20-16-25(29(30)31)24-15-19(28)11-13-27(24,5)23(20)12-14-26(21,22)4/h17-23H,6-16H2,1-5H3/t18-,19-,20-,21-,22+,23-,26+,27+/m0/s1. The zero-order valence-electron chi connectivity index (χ0n) is 20.5. The maximum absolute atomic E-state index is 12.2. The normalized spacial score (nSPS) is 43.4. The van der Waals surface area contributed by atoms with E-state index in [2.05, 4.69) is 34.6 Å². The summed E-state index contributed by atoms with van der Waals surface area (Å²) < 4.78 is 0. The van der Waals surface area contributed by atoms with Crippen molar-refractivity contribution in [2.75, 3.05) is 0 Å². The molecule has 0 aromatic rings. The fourth-order valence-corrected chi connectivity index (χ4v) is 9.20. The van der Waals surface area contributed by atoms with Crippen LogP contribution in [0.25, 0.3) is 0 Å². The van der Waals surface area contributed by atoms with Gasteiger partial charge in [-0.25, -0.2) is 0 Å². The molecule has 0 unspecified atom stereocenters. The Morgan fingerprint density at radius 3 is 2.45 bits per heavy atom. The Morgan fingerprint density at radius 1 is 1.03 bits per heavy atom. The number of hydrogen-bond acceptors (Lipinski definition) is 2. The molecule has 4 aliphatic rings. The smallest absolute Gasteiger partial charge is 0.246 e. The highest BCUT2D eigenvalue weighted by atomic mass is 35.5. The molecule has 4 heteroatoms. The highest BCUT2D eigenvalue weighted by molar-refractivity contribution is 6.20. The molecule has 3 fully saturated rings. The van der Waals surface area contributed by atoms with E-state index < -0.39 is 0 Å². The van der Waals surface area contributed by atoms with Crippen LogP contribution in [0.3, 0.4) is 0 Å². The second-order valence-electron chi connectivity index (χ2n) is 12.6. The summed E-state index contributed by atoms with van der Waals surface area (Å²) in [7, 11) is 0. The summed E-state index contributed by atoms with van der Waals surface area (Å²) in [6.45, 7) is 12.1. The summed E-state index contributed by atoms with van der Waals surface area (Å²) in [6, 6.07) is 0. The molecule has 0 bridgehead atoms. The van der Waals surface area contributed by atoms with Crippen molar-refractivity contribution in [1.82, 2.24) is 0 Å². The second kappa shape index (κ2) is 8.65. The van der Waals surface area contributed by atoms with E-state index in [1.54, 1.807) is 0 Å². The third-order valence-electron chi connectivity index (χ3n) is 10.5. The molecular weight excluding hydrogens is 406 g/mol. The van der Waals surface area contributed by atoms with Gasteiger partial charge in [0.25, 0.3) is 0 Å². The van der Waals surface area contributed by atoms with E-state index in [4.69, 9.17) is 11.6 Å². The topological polar surface area (TPSA) is 43.1 Å². The first-order valence-corrected chi connectivity index (χ1v) is 13.5. The van der Waals surface area contributed by atoms with E-state index in [1.807, 2.05) is 0 Å². The predicted octanol–water partition coefficient (Wildman–Crippen LogP) is 8.24. The lowest BCUT2D eigenvalue weighted by atomic mass is 9.46. The third-order valence-corrected chi connectivity index (χ3v) is 10.9. The number of fused-ring (bicyclic) bond motifs is 5. The number of rotatable bonds is 6. The van der Waals surface area contributed by atoms with Crippen LogP contribution < -0.4 is 0 Å². The van der Waals surface area contributed by atoms with E-state index in [9.17, 15) is 10.1 Å². The highest BCUT2D eigenvalue weighted by Crippen LogP contribution is 2.68. The van der Waals surface area contributed by atoms with Crippen molar-refractivity contribution in [3.8, 4) is 0 Å². The van der Waals surface area contributed by atoms with Gasteiger partial charge in [-0.05, 0) is 91.3 Å². The minimum absolute atomic E-state index is 0.000985. The Bertz CT molecular complexity index is 733. The van der Waals surface area contributed by atoms with E-state index in [1.165, 1.54) is 44.9 Å². The Labute approximate surface area is 194 Å². The lowest BCUT2D eigenvalue weighted by molar-refractivity contribution is -0.434. The number of allylic oxidation sites excluding steroid dienone is 2. The second-order valence-corrected chi connectivity index (χ2v) is 13.2. The fourth-order valence-electron chi connectivity index (χ4n) is 8.94. The van der Waals surface area contributed by atoms with Gasteiger partial charge in [-0.3, -0.25) is 10.1 Å². The van der Waals surface area contributed by atoms with Crippen molar-refractivity contribution in [1.29, 1.82) is 0 Å². The van der Waals surface area contributed by atoms with Crippen LogP contribution in [0.1, 0.15) is 105 Å². The van der Waals surface area contributed by atoms with Crippen LogP contribution in [0, 0.1) is 56.5 Å². The van der Waals surface area contributed by atoms with Crippen molar-refractivity contribution in [3.63, 3.8) is 0 Å². The first kappa shape index (κ1) is 23.6. The van der Waals surface area contributed by atoms with Gasteiger partial charge in [0.1, 0.15) is 0 Å². The van der Waals surface area contributed by atoms with Crippen LogP contribution in [0.2, 0.25) is 0 Å². The third kappa shape index (κ3) is 4.00. The van der Waals surface area contributed by atoms with Crippen molar-refractivity contribution in [2.24, 2.45) is 46.3 Å². The van der Waals surface area contributed by atoms with E-state index in [0.717, 1.165) is 42.6 Å². The van der Waals surface area contributed by atoms with Crippen molar-refractivity contribution in [3.05, 3.63) is 21.4 Å². The molecule has 176 valence electrons. The molecule has 4 aliphatic carbocycles. The fraction of sp³-hybridized carbons (Fsp3) is 0.926. The van der Waals surface area contributed by atoms with Crippen molar-refractivity contribution in [2.45, 2.75) is 111 Å². The van der Waals surface area contributed by atoms with Crippen LogP contribution in [-0.4, -0.2) is 10.3 Å². The molecule has 4 rings (SSSR count). The average Bonchev–Trinajstić information content (AvgIpc) is 3.05. The molecular formula is C27H44ClNO2. The number of alkyl halides is 1. The number of halogens is 1. The van der Waals surface area contributed by atoms with Crippen LogP contribution >= 0.6 is 11.6 Å². The molecule has 0 heterocycles. The van der Waals surface area contributed by atoms with Gasteiger partial charge >= 0.3 is 0 Å². The number of hydrogen-bond donors (Lipinski definition) is 0. The summed E-state index contributed by atoms with van der Waals surface area (Å²) in [6.07, 6.45) is 12.7. The van der Waals surface area contributed by atoms with Crippen LogP contribution in [0.5, 0.6) is 0 Å². The summed E-state index contributed by atoms with van der Waals surface area (Å²) in [4.78, 5) is 12.1. The summed E-state index contributed by atoms with van der Waals surface area (Å²) in [5.74, 6) is 4.13. The van der Waals surface area contributed by atoms with Gasteiger partial charge in [-0.2, -0.15) is 0 Å². The van der Waals surface area contributed by atoms with Crippen LogP contribution in [0.15, 0.2) is 11.3 Å². The average molecular weight is 450 g/mol. The summed E-state index contributed by atoms with van der Waals surface area (Å²) >= 11 is 6.51. The van der Waals surface area contributed by atoms with Crippen LogP contribution in [-0.2, 0) is 0 Å². The van der Waals surface area contributed by atoms with Gasteiger partial charge in [0.15, 0.2) is 0 Å². The first-order chi connectivity index (χ1) is 14.6. The summed E-state index contributed by atoms with van der Waals surface area (Å²) in [5, 5.41) is 12.2. The van der Waals surface area contributed by atoms with Gasteiger partial charge in [0.05, 0.1) is 4.92 Å². The molecule has 3 saturated carbocycles.